The molecule has 2 N–H and O–H groups in total. The maximum Gasteiger partial charge on any atom is 0.280 e. The van der Waals surface area contributed by atoms with Gasteiger partial charge in [0.05, 0.1) is 10.9 Å². The van der Waals surface area contributed by atoms with Gasteiger partial charge in [-0.3, -0.25) is 10.2 Å². The Bertz CT molecular complexity index is 989. The van der Waals surface area contributed by atoms with E-state index in [4.69, 9.17) is 12.2 Å². The van der Waals surface area contributed by atoms with Gasteiger partial charge in [-0.15, -0.1) is 0 Å². The third kappa shape index (κ3) is 3.50. The summed E-state index contributed by atoms with van der Waals surface area (Å²) in [5.74, 6) is 0.507. The summed E-state index contributed by atoms with van der Waals surface area (Å²) >= 11 is 12.1. The van der Waals surface area contributed by atoms with Crippen molar-refractivity contribution >= 4 is 65.8 Å². The topological polar surface area (TPSA) is 59.0 Å². The Balaban J connectivity index is 1.98. The number of fused-ring (bicyclic) bond motifs is 1. The molecule has 2 aromatic carbocycles. The molecule has 1 heterocycles. The van der Waals surface area contributed by atoms with Crippen LogP contribution in [0.4, 0.5) is 5.69 Å². The molecule has 0 aliphatic heterocycles. The molecule has 0 saturated carbocycles. The number of rotatable bonds is 2. The number of hydrogen-bond donors (Lipinski definition) is 2. The maximum absolute atomic E-state index is 12.8. The quantitative estimate of drug-likeness (QED) is 0.554. The summed E-state index contributed by atoms with van der Waals surface area (Å²) in [6.45, 7) is 1.74. The standard InChI is InChI=1S/C16H12Br2N4OS/c1-9-19-14-12(7-10(17)8-13(14)18)15(23)22(9)21-16(24)20-11-5-3-2-4-6-11/h2-8H,1H3,(H2,20,21,24). The van der Waals surface area contributed by atoms with E-state index in [0.717, 1.165) is 14.6 Å². The number of hydrogen-bond acceptors (Lipinski definition) is 3. The Hall–Kier alpha value is -1.77. The van der Waals surface area contributed by atoms with Crippen molar-refractivity contribution in [3.8, 4) is 0 Å². The highest BCUT2D eigenvalue weighted by Gasteiger charge is 2.12. The van der Waals surface area contributed by atoms with Gasteiger partial charge >= 0.3 is 0 Å². The van der Waals surface area contributed by atoms with E-state index in [1.807, 2.05) is 36.4 Å². The van der Waals surface area contributed by atoms with E-state index in [9.17, 15) is 4.79 Å². The van der Waals surface area contributed by atoms with Crippen LogP contribution in [0.1, 0.15) is 5.82 Å². The van der Waals surface area contributed by atoms with E-state index in [0.29, 0.717) is 21.8 Å². The van der Waals surface area contributed by atoms with Crippen LogP contribution in [0.25, 0.3) is 10.9 Å². The smallest absolute Gasteiger partial charge is 0.280 e. The lowest BCUT2D eigenvalue weighted by Crippen LogP contribution is -2.37. The summed E-state index contributed by atoms with van der Waals surface area (Å²) in [5.41, 5.74) is 4.11. The zero-order valence-electron chi connectivity index (χ0n) is 12.5. The average Bonchev–Trinajstić information content (AvgIpc) is 2.54. The lowest BCUT2D eigenvalue weighted by Gasteiger charge is -2.15. The lowest BCUT2D eigenvalue weighted by molar-refractivity contribution is 0.838. The van der Waals surface area contributed by atoms with Crippen LogP contribution in [-0.4, -0.2) is 14.8 Å². The second-order valence-electron chi connectivity index (χ2n) is 5.02. The fraction of sp³-hybridized carbons (Fsp3) is 0.0625. The zero-order valence-corrected chi connectivity index (χ0v) is 16.5. The molecule has 0 spiro atoms. The molecule has 0 atom stereocenters. The molecule has 122 valence electrons. The first-order chi connectivity index (χ1) is 11.5. The van der Waals surface area contributed by atoms with Gasteiger partial charge in [-0.05, 0) is 59.3 Å². The fourth-order valence-electron chi connectivity index (χ4n) is 2.24. The number of halogens is 2. The minimum absolute atomic E-state index is 0.225. The minimum atomic E-state index is -0.225. The SMILES string of the molecule is Cc1nc2c(Br)cc(Br)cc2c(=O)n1NC(=S)Nc1ccccc1. The Labute approximate surface area is 160 Å². The van der Waals surface area contributed by atoms with Crippen LogP contribution in [0.5, 0.6) is 0 Å². The second kappa shape index (κ2) is 7.00. The Kier molecular flexibility index (Phi) is 4.98. The van der Waals surface area contributed by atoms with Gasteiger partial charge in [-0.2, -0.15) is 0 Å². The van der Waals surface area contributed by atoms with Crippen molar-refractivity contribution < 1.29 is 0 Å². The molecule has 0 aliphatic rings. The molecular formula is C16H12Br2N4OS. The monoisotopic (exact) mass is 466 g/mol. The van der Waals surface area contributed by atoms with Crippen molar-refractivity contribution in [2.24, 2.45) is 0 Å². The molecule has 0 saturated heterocycles. The van der Waals surface area contributed by atoms with Gasteiger partial charge < -0.3 is 5.32 Å². The van der Waals surface area contributed by atoms with Crippen molar-refractivity contribution in [2.75, 3.05) is 10.7 Å². The van der Waals surface area contributed by atoms with Crippen LogP contribution in [-0.2, 0) is 0 Å². The Morgan fingerprint density at radius 1 is 1.21 bits per heavy atom. The van der Waals surface area contributed by atoms with Crippen molar-refractivity contribution in [1.82, 2.24) is 9.66 Å². The van der Waals surface area contributed by atoms with Crippen LogP contribution in [0.15, 0.2) is 56.2 Å². The highest BCUT2D eigenvalue weighted by molar-refractivity contribution is 9.11. The molecule has 24 heavy (non-hydrogen) atoms. The normalized spacial score (nSPS) is 10.6. The molecule has 3 aromatic rings. The van der Waals surface area contributed by atoms with Crippen LogP contribution in [0.3, 0.4) is 0 Å². The minimum Gasteiger partial charge on any atom is -0.331 e. The van der Waals surface area contributed by atoms with Gasteiger partial charge in [0.2, 0.25) is 0 Å². The van der Waals surface area contributed by atoms with Gasteiger partial charge in [0.1, 0.15) is 5.82 Å². The summed E-state index contributed by atoms with van der Waals surface area (Å²) in [6.07, 6.45) is 0. The predicted octanol–water partition coefficient (Wildman–Crippen LogP) is 4.17. The third-order valence-electron chi connectivity index (χ3n) is 3.30. The van der Waals surface area contributed by atoms with Gasteiger partial charge in [0.25, 0.3) is 5.56 Å². The molecule has 1 aromatic heterocycles. The highest BCUT2D eigenvalue weighted by atomic mass is 79.9. The van der Waals surface area contributed by atoms with E-state index in [2.05, 4.69) is 47.6 Å². The first kappa shape index (κ1) is 17.1. The molecule has 5 nitrogen and oxygen atoms in total. The van der Waals surface area contributed by atoms with Crippen molar-refractivity contribution in [1.29, 1.82) is 0 Å². The number of nitrogens with one attached hydrogen (secondary N) is 2. The van der Waals surface area contributed by atoms with Crippen LogP contribution in [0.2, 0.25) is 0 Å². The van der Waals surface area contributed by atoms with Crippen LogP contribution in [0, 0.1) is 6.92 Å². The van der Waals surface area contributed by atoms with E-state index in [1.54, 1.807) is 13.0 Å². The van der Waals surface area contributed by atoms with E-state index < -0.39 is 0 Å². The molecule has 0 aliphatic carbocycles. The van der Waals surface area contributed by atoms with E-state index in [1.165, 1.54) is 4.68 Å². The molecule has 0 bridgehead atoms. The number of nitrogens with zero attached hydrogens (tertiary/aromatic N) is 2. The average molecular weight is 468 g/mol. The molecular weight excluding hydrogens is 456 g/mol. The number of anilines is 1. The molecule has 0 radical (unpaired) electrons. The number of aromatic nitrogens is 2. The Morgan fingerprint density at radius 2 is 1.92 bits per heavy atom. The summed E-state index contributed by atoms with van der Waals surface area (Å²) in [5, 5.41) is 3.82. The zero-order chi connectivity index (χ0) is 17.3. The third-order valence-corrected chi connectivity index (χ3v) is 4.56. The molecule has 0 amide bonds. The van der Waals surface area contributed by atoms with Crippen molar-refractivity contribution in [3.05, 3.63) is 67.6 Å². The van der Waals surface area contributed by atoms with Crippen LogP contribution >= 0.6 is 44.1 Å². The number of thiocarbonyl (C=S) groups is 1. The summed E-state index contributed by atoms with van der Waals surface area (Å²) in [7, 11) is 0. The molecule has 3 rings (SSSR count). The van der Waals surface area contributed by atoms with Gasteiger partial charge in [-0.1, -0.05) is 34.1 Å². The lowest BCUT2D eigenvalue weighted by atomic mass is 10.2. The molecule has 8 heteroatoms. The summed E-state index contributed by atoms with van der Waals surface area (Å²) in [6, 6.07) is 13.1. The maximum atomic E-state index is 12.8. The summed E-state index contributed by atoms with van der Waals surface area (Å²) < 4.78 is 2.88. The molecule has 0 fully saturated rings. The predicted molar refractivity (Wildman–Crippen MR) is 108 cm³/mol. The van der Waals surface area contributed by atoms with Gasteiger partial charge in [0.15, 0.2) is 5.11 Å². The Morgan fingerprint density at radius 3 is 2.62 bits per heavy atom. The number of benzene rings is 2. The van der Waals surface area contributed by atoms with Gasteiger partial charge in [-0.25, -0.2) is 9.66 Å². The van der Waals surface area contributed by atoms with Crippen molar-refractivity contribution in [2.45, 2.75) is 6.92 Å². The first-order valence-electron chi connectivity index (χ1n) is 6.97. The van der Waals surface area contributed by atoms with Crippen molar-refractivity contribution in [3.63, 3.8) is 0 Å². The molecule has 0 unspecified atom stereocenters. The van der Waals surface area contributed by atoms with E-state index >= 15 is 0 Å². The van der Waals surface area contributed by atoms with Gasteiger partial charge in [0, 0.05) is 14.6 Å². The number of para-hydroxylation sites is 1. The number of aryl methyl sites for hydroxylation is 1. The summed E-state index contributed by atoms with van der Waals surface area (Å²) in [4.78, 5) is 17.3. The first-order valence-corrected chi connectivity index (χ1v) is 8.96. The highest BCUT2D eigenvalue weighted by Crippen LogP contribution is 2.25. The fourth-order valence-corrected chi connectivity index (χ4v) is 3.76. The largest absolute Gasteiger partial charge is 0.331 e. The van der Waals surface area contributed by atoms with E-state index in [-0.39, 0.29) is 5.56 Å². The second-order valence-corrected chi connectivity index (χ2v) is 7.19. The van der Waals surface area contributed by atoms with Crippen LogP contribution < -0.4 is 16.3 Å².